The topological polar surface area (TPSA) is 31.2 Å². The summed E-state index contributed by atoms with van der Waals surface area (Å²) in [5, 5.41) is 4.49. The largest absolute Gasteiger partial charge is 0.269 e. The lowest BCUT2D eigenvalue weighted by Crippen LogP contribution is -2.46. The van der Waals surface area contributed by atoms with Crippen LogP contribution in [0, 0.1) is 0 Å². The summed E-state index contributed by atoms with van der Waals surface area (Å²) in [7, 11) is 0. The molecule has 0 fully saturated rings. The van der Waals surface area contributed by atoms with Gasteiger partial charge in [0.25, 0.3) is 0 Å². The number of amidine groups is 2. The van der Waals surface area contributed by atoms with Gasteiger partial charge in [0.05, 0.1) is 26.2 Å². The SMILES string of the molecule is CC1=NCCN1N1CCN=C1c1ccccc1. The summed E-state index contributed by atoms with van der Waals surface area (Å²) >= 11 is 0. The lowest BCUT2D eigenvalue weighted by molar-refractivity contribution is 0.162. The number of nitrogens with zero attached hydrogens (tertiary/aromatic N) is 4. The van der Waals surface area contributed by atoms with Crippen LogP contribution >= 0.6 is 0 Å². The van der Waals surface area contributed by atoms with E-state index in [1.807, 2.05) is 6.07 Å². The molecule has 1 aromatic rings. The summed E-state index contributed by atoms with van der Waals surface area (Å²) in [6, 6.07) is 10.4. The van der Waals surface area contributed by atoms with Gasteiger partial charge in [-0.25, -0.2) is 0 Å². The first kappa shape index (κ1) is 10.3. The standard InChI is InChI=1S/C13H16N4/c1-11-14-7-9-16(11)17-10-8-15-13(17)12-5-3-2-4-6-12/h2-6H,7-10H2,1H3. The Bertz CT molecular complexity index is 464. The van der Waals surface area contributed by atoms with E-state index in [4.69, 9.17) is 0 Å². The molecule has 0 radical (unpaired) electrons. The molecule has 0 bridgehead atoms. The minimum absolute atomic E-state index is 0.869. The quantitative estimate of drug-likeness (QED) is 0.766. The fraction of sp³-hybridized carbons (Fsp3) is 0.385. The van der Waals surface area contributed by atoms with Crippen LogP contribution in [0.5, 0.6) is 0 Å². The van der Waals surface area contributed by atoms with Gasteiger partial charge in [0, 0.05) is 5.56 Å². The van der Waals surface area contributed by atoms with E-state index in [-0.39, 0.29) is 0 Å². The van der Waals surface area contributed by atoms with Crippen LogP contribution in [0.3, 0.4) is 0 Å². The minimum Gasteiger partial charge on any atom is -0.269 e. The Labute approximate surface area is 101 Å². The highest BCUT2D eigenvalue weighted by molar-refractivity contribution is 6.00. The van der Waals surface area contributed by atoms with Gasteiger partial charge in [0.15, 0.2) is 0 Å². The van der Waals surface area contributed by atoms with Gasteiger partial charge in [0.1, 0.15) is 11.7 Å². The van der Waals surface area contributed by atoms with E-state index < -0.39 is 0 Å². The fourth-order valence-corrected chi connectivity index (χ4v) is 2.35. The van der Waals surface area contributed by atoms with Crippen molar-refractivity contribution in [1.29, 1.82) is 0 Å². The highest BCUT2D eigenvalue weighted by Crippen LogP contribution is 2.16. The Morgan fingerprint density at radius 3 is 2.35 bits per heavy atom. The third kappa shape index (κ3) is 1.79. The molecule has 2 heterocycles. The summed E-state index contributed by atoms with van der Waals surface area (Å²) in [5.74, 6) is 2.16. The van der Waals surface area contributed by atoms with Crippen molar-refractivity contribution in [3.05, 3.63) is 35.9 Å². The first-order chi connectivity index (χ1) is 8.36. The molecule has 17 heavy (non-hydrogen) atoms. The molecule has 0 unspecified atom stereocenters. The molecule has 2 aliphatic rings. The number of hydrogen-bond donors (Lipinski definition) is 0. The normalized spacial score (nSPS) is 19.6. The van der Waals surface area contributed by atoms with Crippen molar-refractivity contribution < 1.29 is 0 Å². The Morgan fingerprint density at radius 1 is 0.941 bits per heavy atom. The van der Waals surface area contributed by atoms with Crippen molar-refractivity contribution in [2.45, 2.75) is 6.92 Å². The van der Waals surface area contributed by atoms with Crippen molar-refractivity contribution in [2.75, 3.05) is 26.2 Å². The molecule has 88 valence electrons. The maximum absolute atomic E-state index is 4.61. The Kier molecular flexibility index (Phi) is 2.55. The van der Waals surface area contributed by atoms with E-state index in [1.54, 1.807) is 0 Å². The Morgan fingerprint density at radius 2 is 1.65 bits per heavy atom. The Hall–Kier alpha value is -1.84. The van der Waals surface area contributed by atoms with Crippen LogP contribution in [0.4, 0.5) is 0 Å². The lowest BCUT2D eigenvalue weighted by atomic mass is 10.2. The van der Waals surface area contributed by atoms with E-state index in [0.717, 1.165) is 37.9 Å². The Balaban J connectivity index is 1.88. The maximum Gasteiger partial charge on any atom is 0.150 e. The molecule has 0 atom stereocenters. The van der Waals surface area contributed by atoms with Gasteiger partial charge in [-0.15, -0.1) is 0 Å². The second kappa shape index (κ2) is 4.20. The third-order valence-electron chi connectivity index (χ3n) is 3.17. The number of rotatable bonds is 2. The van der Waals surface area contributed by atoms with Crippen molar-refractivity contribution in [3.63, 3.8) is 0 Å². The summed E-state index contributed by atoms with van der Waals surface area (Å²) in [6.45, 7) is 5.75. The van der Waals surface area contributed by atoms with Crippen LogP contribution in [-0.4, -0.2) is 47.9 Å². The van der Waals surface area contributed by atoms with E-state index in [0.29, 0.717) is 0 Å². The molecule has 0 amide bonds. The van der Waals surface area contributed by atoms with Gasteiger partial charge in [-0.1, -0.05) is 30.3 Å². The second-order valence-corrected chi connectivity index (χ2v) is 4.25. The van der Waals surface area contributed by atoms with Gasteiger partial charge >= 0.3 is 0 Å². The van der Waals surface area contributed by atoms with E-state index in [9.17, 15) is 0 Å². The molecule has 0 N–H and O–H groups in total. The van der Waals surface area contributed by atoms with E-state index >= 15 is 0 Å². The molecule has 4 nitrogen and oxygen atoms in total. The van der Waals surface area contributed by atoms with Crippen molar-refractivity contribution in [1.82, 2.24) is 10.0 Å². The number of hydrogen-bond acceptors (Lipinski definition) is 4. The van der Waals surface area contributed by atoms with Gasteiger partial charge in [-0.3, -0.25) is 20.0 Å². The lowest BCUT2D eigenvalue weighted by Gasteiger charge is -2.32. The van der Waals surface area contributed by atoms with Gasteiger partial charge in [-0.05, 0) is 6.92 Å². The van der Waals surface area contributed by atoms with Gasteiger partial charge in [0.2, 0.25) is 0 Å². The van der Waals surface area contributed by atoms with Crippen LogP contribution in [0.15, 0.2) is 40.3 Å². The van der Waals surface area contributed by atoms with Crippen molar-refractivity contribution in [2.24, 2.45) is 9.98 Å². The zero-order valence-electron chi connectivity index (χ0n) is 10.0. The van der Waals surface area contributed by atoms with Gasteiger partial charge < -0.3 is 0 Å². The molecule has 3 rings (SSSR count). The van der Waals surface area contributed by atoms with Crippen LogP contribution in [0.25, 0.3) is 0 Å². The van der Waals surface area contributed by atoms with Crippen LogP contribution < -0.4 is 0 Å². The number of hydrazine groups is 1. The number of aliphatic imine (C=N–C) groups is 2. The van der Waals surface area contributed by atoms with Crippen molar-refractivity contribution in [3.8, 4) is 0 Å². The summed E-state index contributed by atoms with van der Waals surface area (Å²) in [6.07, 6.45) is 0. The predicted octanol–water partition coefficient (Wildman–Crippen LogP) is 1.40. The monoisotopic (exact) mass is 228 g/mol. The fourth-order valence-electron chi connectivity index (χ4n) is 2.35. The van der Waals surface area contributed by atoms with E-state index in [1.165, 1.54) is 5.56 Å². The summed E-state index contributed by atoms with van der Waals surface area (Å²) < 4.78 is 0. The number of benzene rings is 1. The molecule has 0 aromatic heterocycles. The molecule has 0 spiro atoms. The predicted molar refractivity (Wildman–Crippen MR) is 69.2 cm³/mol. The smallest absolute Gasteiger partial charge is 0.150 e. The molecule has 0 saturated carbocycles. The summed E-state index contributed by atoms with van der Waals surface area (Å²) in [5.41, 5.74) is 1.18. The van der Waals surface area contributed by atoms with Crippen LogP contribution in [0.2, 0.25) is 0 Å². The first-order valence-electron chi connectivity index (χ1n) is 6.02. The molecule has 1 aromatic carbocycles. The highest BCUT2D eigenvalue weighted by atomic mass is 15.7. The average Bonchev–Trinajstić information content (AvgIpc) is 2.98. The first-order valence-corrected chi connectivity index (χ1v) is 6.02. The summed E-state index contributed by atoms with van der Waals surface area (Å²) in [4.78, 5) is 9.05. The zero-order valence-corrected chi connectivity index (χ0v) is 10.0. The molecule has 0 aliphatic carbocycles. The third-order valence-corrected chi connectivity index (χ3v) is 3.17. The molecule has 0 saturated heterocycles. The molecular formula is C13H16N4. The van der Waals surface area contributed by atoms with E-state index in [2.05, 4.69) is 51.2 Å². The highest BCUT2D eigenvalue weighted by Gasteiger charge is 2.27. The van der Waals surface area contributed by atoms with Crippen LogP contribution in [0.1, 0.15) is 12.5 Å². The molecule has 2 aliphatic heterocycles. The van der Waals surface area contributed by atoms with Crippen LogP contribution in [-0.2, 0) is 0 Å². The maximum atomic E-state index is 4.61. The second-order valence-electron chi connectivity index (χ2n) is 4.25. The average molecular weight is 228 g/mol. The van der Waals surface area contributed by atoms with Crippen molar-refractivity contribution >= 4 is 11.7 Å². The zero-order chi connectivity index (χ0) is 11.7. The van der Waals surface area contributed by atoms with Gasteiger partial charge in [-0.2, -0.15) is 0 Å². The molecular weight excluding hydrogens is 212 g/mol. The minimum atomic E-state index is 0.869. The molecule has 4 heteroatoms.